The van der Waals surface area contributed by atoms with E-state index < -0.39 is 5.91 Å². The van der Waals surface area contributed by atoms with Gasteiger partial charge in [-0.25, -0.2) is 9.97 Å². The molecule has 0 atom stereocenters. The van der Waals surface area contributed by atoms with Crippen LogP contribution in [0, 0.1) is 13.8 Å². The lowest BCUT2D eigenvalue weighted by molar-refractivity contribution is -0.132. The van der Waals surface area contributed by atoms with Gasteiger partial charge in [-0.2, -0.15) is 0 Å². The molecule has 2 amide bonds. The van der Waals surface area contributed by atoms with Gasteiger partial charge in [-0.1, -0.05) is 17.7 Å². The van der Waals surface area contributed by atoms with E-state index in [4.69, 9.17) is 23.1 Å². The Bertz CT molecular complexity index is 1410. The van der Waals surface area contributed by atoms with Crippen molar-refractivity contribution in [1.29, 1.82) is 0 Å². The van der Waals surface area contributed by atoms with Gasteiger partial charge in [0.25, 0.3) is 5.91 Å². The molecule has 2 aromatic heterocycles. The number of likely N-dealkylation sites (tertiary alicyclic amines) is 1. The quantitative estimate of drug-likeness (QED) is 0.358. The van der Waals surface area contributed by atoms with Crippen molar-refractivity contribution >= 4 is 51.9 Å². The van der Waals surface area contributed by atoms with Gasteiger partial charge in [-0.3, -0.25) is 19.9 Å². The van der Waals surface area contributed by atoms with Crippen LogP contribution >= 0.6 is 11.6 Å². The molecule has 0 radical (unpaired) electrons. The second-order valence-corrected chi connectivity index (χ2v) is 9.83. The molecular formula is C24H28ClN9O2. The summed E-state index contributed by atoms with van der Waals surface area (Å²) in [5, 5.41) is 7.06. The number of nitrogen functional groups attached to an aromatic ring is 2. The lowest BCUT2D eigenvalue weighted by Gasteiger charge is -2.39. The first-order chi connectivity index (χ1) is 17.1. The van der Waals surface area contributed by atoms with Crippen molar-refractivity contribution in [3.63, 3.8) is 0 Å². The van der Waals surface area contributed by atoms with Gasteiger partial charge < -0.3 is 26.7 Å². The number of piperidine rings is 1. The molecule has 0 saturated carbocycles. The molecule has 36 heavy (non-hydrogen) atoms. The largest absolute Gasteiger partial charge is 0.382 e. The number of aliphatic imine (C=N–C) groups is 1. The molecule has 188 valence electrons. The summed E-state index contributed by atoms with van der Waals surface area (Å²) in [6.07, 6.45) is 1.79. The third kappa shape index (κ3) is 4.41. The van der Waals surface area contributed by atoms with Gasteiger partial charge in [0, 0.05) is 29.7 Å². The molecule has 2 aliphatic heterocycles. The van der Waals surface area contributed by atoms with E-state index in [9.17, 15) is 9.59 Å². The number of guanidine groups is 1. The summed E-state index contributed by atoms with van der Waals surface area (Å²) in [7, 11) is 0. The highest BCUT2D eigenvalue weighted by molar-refractivity contribution is 6.31. The fourth-order valence-corrected chi connectivity index (χ4v) is 4.91. The van der Waals surface area contributed by atoms with Crippen LogP contribution in [0.3, 0.4) is 0 Å². The Balaban J connectivity index is 1.16. The molecule has 0 bridgehead atoms. The summed E-state index contributed by atoms with van der Waals surface area (Å²) in [5.41, 5.74) is 15.3. The van der Waals surface area contributed by atoms with Gasteiger partial charge in [0.2, 0.25) is 5.91 Å². The molecule has 1 fully saturated rings. The maximum absolute atomic E-state index is 13.0. The number of H-pyrrole nitrogens is 1. The topological polar surface area (TPSA) is 167 Å². The number of nitrogens with one attached hydrogen (secondary N) is 3. The van der Waals surface area contributed by atoms with E-state index in [1.807, 2.05) is 17.0 Å². The number of anilines is 2. The Labute approximate surface area is 212 Å². The van der Waals surface area contributed by atoms with Crippen molar-refractivity contribution in [2.24, 2.45) is 4.99 Å². The van der Waals surface area contributed by atoms with Crippen LogP contribution in [0.1, 0.15) is 40.2 Å². The first-order valence-electron chi connectivity index (χ1n) is 11.7. The van der Waals surface area contributed by atoms with Gasteiger partial charge >= 0.3 is 0 Å². The fraction of sp³-hybridized carbons (Fsp3) is 0.375. The number of rotatable bonds is 3. The Morgan fingerprint density at radius 1 is 1.17 bits per heavy atom. The van der Waals surface area contributed by atoms with E-state index in [0.29, 0.717) is 44.9 Å². The first kappa shape index (κ1) is 23.9. The second-order valence-electron chi connectivity index (χ2n) is 9.47. The molecule has 0 aliphatic carbocycles. The number of carbonyl (C=O) groups is 2. The van der Waals surface area contributed by atoms with Crippen LogP contribution in [0.2, 0.25) is 5.15 Å². The number of carbonyl (C=O) groups excluding carboxylic acids is 2. The molecule has 12 heteroatoms. The Kier molecular flexibility index (Phi) is 5.95. The summed E-state index contributed by atoms with van der Waals surface area (Å²) >= 11 is 5.87. The maximum Gasteiger partial charge on any atom is 0.280 e. The van der Waals surface area contributed by atoms with Crippen LogP contribution in [0.5, 0.6) is 0 Å². The number of benzene rings is 1. The second kappa shape index (κ2) is 8.98. The third-order valence-corrected chi connectivity index (χ3v) is 7.35. The summed E-state index contributed by atoms with van der Waals surface area (Å²) in [6, 6.07) is 6.15. The monoisotopic (exact) mass is 509 g/mol. The number of nitrogens with zero attached hydrogens (tertiary/aromatic N) is 4. The summed E-state index contributed by atoms with van der Waals surface area (Å²) in [4.78, 5) is 43.1. The highest BCUT2D eigenvalue weighted by atomic mass is 35.5. The van der Waals surface area contributed by atoms with Crippen molar-refractivity contribution in [2.75, 3.05) is 31.1 Å². The molecule has 7 N–H and O–H groups in total. The van der Waals surface area contributed by atoms with Crippen molar-refractivity contribution < 1.29 is 9.59 Å². The molecule has 11 nitrogen and oxygen atoms in total. The number of hydrogen-bond donors (Lipinski definition) is 5. The lowest BCUT2D eigenvalue weighted by atomic mass is 9.88. The van der Waals surface area contributed by atoms with Gasteiger partial charge in [0.15, 0.2) is 28.4 Å². The lowest BCUT2D eigenvalue weighted by Crippen LogP contribution is -2.57. The van der Waals surface area contributed by atoms with Gasteiger partial charge in [0.05, 0.1) is 18.5 Å². The van der Waals surface area contributed by atoms with E-state index in [-0.39, 0.29) is 33.9 Å². The Morgan fingerprint density at radius 3 is 2.67 bits per heavy atom. The summed E-state index contributed by atoms with van der Waals surface area (Å²) in [6.45, 7) is 5.86. The summed E-state index contributed by atoms with van der Waals surface area (Å²) in [5.74, 6) is -0.300. The minimum absolute atomic E-state index is 0.0439. The van der Waals surface area contributed by atoms with Gasteiger partial charge in [0.1, 0.15) is 0 Å². The molecule has 2 aliphatic rings. The number of aryl methyl sites for hydroxylation is 2. The van der Waals surface area contributed by atoms with E-state index in [1.54, 1.807) is 0 Å². The number of amides is 2. The van der Waals surface area contributed by atoms with E-state index >= 15 is 0 Å². The van der Waals surface area contributed by atoms with E-state index in [2.05, 4.69) is 50.5 Å². The zero-order chi connectivity index (χ0) is 25.6. The summed E-state index contributed by atoms with van der Waals surface area (Å²) < 4.78 is 0. The number of nitrogens with two attached hydrogens (primary N) is 2. The number of aromatic amines is 1. The van der Waals surface area contributed by atoms with Crippen LogP contribution in [0.15, 0.2) is 23.2 Å². The molecule has 1 spiro atoms. The van der Waals surface area contributed by atoms with Crippen molar-refractivity contribution in [3.05, 3.63) is 45.9 Å². The van der Waals surface area contributed by atoms with Crippen LogP contribution in [0.25, 0.3) is 10.9 Å². The zero-order valence-electron chi connectivity index (χ0n) is 20.1. The first-order valence-corrected chi connectivity index (χ1v) is 12.1. The Hall–Kier alpha value is -3.86. The average molecular weight is 510 g/mol. The molecule has 4 heterocycles. The zero-order valence-corrected chi connectivity index (χ0v) is 20.9. The van der Waals surface area contributed by atoms with Crippen LogP contribution < -0.4 is 22.1 Å². The predicted octanol–water partition coefficient (Wildman–Crippen LogP) is 1.69. The van der Waals surface area contributed by atoms with Crippen molar-refractivity contribution in [1.82, 2.24) is 30.5 Å². The van der Waals surface area contributed by atoms with Gasteiger partial charge in [-0.05, 0) is 49.9 Å². The standard InChI is InChI=1S/C24H28ClN9O2/c1-12-13(2)29-16-4-3-14(9-15(12)16)10-17(35)34-7-5-24(6-8-34)11-28-23(33-24)32-22(36)18-20(26)31-21(27)19(25)30-18/h3-4,9,29H,5-8,10-11H2,1-2H3,(H4,26,27,31)(H2,28,32,33,36). The van der Waals surface area contributed by atoms with E-state index in [1.165, 1.54) is 5.56 Å². The molecule has 3 aromatic rings. The third-order valence-electron chi connectivity index (χ3n) is 7.08. The predicted molar refractivity (Wildman–Crippen MR) is 139 cm³/mol. The Morgan fingerprint density at radius 2 is 1.92 bits per heavy atom. The number of aromatic nitrogens is 3. The van der Waals surface area contributed by atoms with Crippen LogP contribution in [-0.2, 0) is 11.2 Å². The molecule has 1 aromatic carbocycles. The average Bonchev–Trinajstić information content (AvgIpc) is 3.36. The molecular weight excluding hydrogens is 482 g/mol. The molecule has 0 unspecified atom stereocenters. The van der Waals surface area contributed by atoms with Crippen molar-refractivity contribution in [2.45, 2.75) is 38.6 Å². The molecule has 1 saturated heterocycles. The number of hydrogen-bond acceptors (Lipinski definition) is 8. The van der Waals surface area contributed by atoms with Crippen LogP contribution in [0.4, 0.5) is 11.6 Å². The van der Waals surface area contributed by atoms with E-state index in [0.717, 1.165) is 22.2 Å². The van der Waals surface area contributed by atoms with Crippen molar-refractivity contribution in [3.8, 4) is 0 Å². The number of halogens is 1. The number of fused-ring (bicyclic) bond motifs is 1. The SMILES string of the molecule is Cc1[nH]c2ccc(CC(=O)N3CCC4(CC3)CN=C(NC(=O)c3nc(Cl)c(N)nc3N)N4)cc2c1C. The highest BCUT2D eigenvalue weighted by Crippen LogP contribution is 2.27. The molecule has 5 rings (SSSR count). The smallest absolute Gasteiger partial charge is 0.280 e. The maximum atomic E-state index is 13.0. The van der Waals surface area contributed by atoms with Gasteiger partial charge in [-0.15, -0.1) is 0 Å². The fourth-order valence-electron chi connectivity index (χ4n) is 4.78. The highest BCUT2D eigenvalue weighted by Gasteiger charge is 2.40. The minimum atomic E-state index is -0.581. The van der Waals surface area contributed by atoms with Crippen LogP contribution in [-0.4, -0.2) is 62.8 Å². The normalized spacial score (nSPS) is 16.8. The minimum Gasteiger partial charge on any atom is -0.382 e.